The Balaban J connectivity index is 2.02. The second kappa shape index (κ2) is 8.21. The van der Waals surface area contributed by atoms with Crippen LogP contribution in [0.4, 0.5) is 0 Å². The zero-order valence-corrected chi connectivity index (χ0v) is 14.4. The van der Waals surface area contributed by atoms with E-state index in [0.717, 1.165) is 28.9 Å². The van der Waals surface area contributed by atoms with E-state index in [1.54, 1.807) is 5.57 Å². The van der Waals surface area contributed by atoms with Crippen molar-refractivity contribution in [2.24, 2.45) is 0 Å². The molecular formula is C17H23BrClN. The van der Waals surface area contributed by atoms with Crippen LogP contribution >= 0.6 is 27.5 Å². The fraction of sp³-hybridized carbons (Fsp3) is 0.529. The summed E-state index contributed by atoms with van der Waals surface area (Å²) in [5.41, 5.74) is 2.85. The van der Waals surface area contributed by atoms with Crippen molar-refractivity contribution in [3.8, 4) is 0 Å². The molecule has 1 aromatic rings. The monoisotopic (exact) mass is 355 g/mol. The second-order valence-electron chi connectivity index (χ2n) is 5.51. The Morgan fingerprint density at radius 3 is 2.80 bits per heavy atom. The minimum absolute atomic E-state index is 0.489. The van der Waals surface area contributed by atoms with Crippen molar-refractivity contribution >= 4 is 27.5 Å². The van der Waals surface area contributed by atoms with Crippen LogP contribution in [-0.4, -0.2) is 12.6 Å². The fourth-order valence-corrected chi connectivity index (χ4v) is 3.61. The molecular weight excluding hydrogens is 334 g/mol. The highest BCUT2D eigenvalue weighted by molar-refractivity contribution is 9.10. The molecule has 0 heterocycles. The summed E-state index contributed by atoms with van der Waals surface area (Å²) in [5, 5.41) is 4.47. The van der Waals surface area contributed by atoms with Gasteiger partial charge in [-0.25, -0.2) is 0 Å². The molecule has 0 fully saturated rings. The third kappa shape index (κ3) is 4.91. The number of nitrogens with one attached hydrogen (secondary N) is 1. The van der Waals surface area contributed by atoms with Crippen LogP contribution in [-0.2, 0) is 6.42 Å². The zero-order chi connectivity index (χ0) is 14.4. The topological polar surface area (TPSA) is 12.0 Å². The Morgan fingerprint density at radius 2 is 2.15 bits per heavy atom. The number of allylic oxidation sites excluding steroid dienone is 1. The first-order chi connectivity index (χ1) is 9.69. The molecule has 0 bridgehead atoms. The molecule has 1 aliphatic carbocycles. The van der Waals surface area contributed by atoms with Gasteiger partial charge in [-0.2, -0.15) is 0 Å². The largest absolute Gasteiger partial charge is 0.314 e. The molecule has 0 aromatic heterocycles. The van der Waals surface area contributed by atoms with Crippen molar-refractivity contribution in [3.05, 3.63) is 44.9 Å². The summed E-state index contributed by atoms with van der Waals surface area (Å²) in [4.78, 5) is 0. The summed E-state index contributed by atoms with van der Waals surface area (Å²) in [5.74, 6) is 0. The van der Waals surface area contributed by atoms with Gasteiger partial charge in [0.15, 0.2) is 0 Å². The molecule has 0 spiro atoms. The highest BCUT2D eigenvalue weighted by Gasteiger charge is 2.14. The van der Waals surface area contributed by atoms with Crippen LogP contribution < -0.4 is 5.32 Å². The van der Waals surface area contributed by atoms with Crippen LogP contribution in [0.1, 0.15) is 44.6 Å². The zero-order valence-electron chi connectivity index (χ0n) is 12.1. The second-order valence-corrected chi connectivity index (χ2v) is 6.83. The third-order valence-corrected chi connectivity index (χ3v) is 4.71. The molecule has 20 heavy (non-hydrogen) atoms. The highest BCUT2D eigenvalue weighted by Crippen LogP contribution is 2.26. The molecule has 1 N–H and O–H groups in total. The van der Waals surface area contributed by atoms with Crippen LogP contribution in [0.25, 0.3) is 0 Å². The van der Waals surface area contributed by atoms with Crippen molar-refractivity contribution in [2.45, 2.75) is 51.5 Å². The van der Waals surface area contributed by atoms with Gasteiger partial charge in [0.1, 0.15) is 0 Å². The summed E-state index contributed by atoms with van der Waals surface area (Å²) in [6.07, 6.45) is 9.83. The Labute approximate surface area is 135 Å². The van der Waals surface area contributed by atoms with Gasteiger partial charge in [0.25, 0.3) is 0 Å². The summed E-state index contributed by atoms with van der Waals surface area (Å²) in [6, 6.07) is 6.68. The lowest BCUT2D eigenvalue weighted by Crippen LogP contribution is -2.31. The van der Waals surface area contributed by atoms with E-state index in [9.17, 15) is 0 Å². The fourth-order valence-electron chi connectivity index (χ4n) is 2.86. The molecule has 0 saturated carbocycles. The third-order valence-electron chi connectivity index (χ3n) is 3.87. The predicted octanol–water partition coefficient (Wildman–Crippen LogP) is 5.51. The van der Waals surface area contributed by atoms with E-state index in [-0.39, 0.29) is 0 Å². The number of rotatable bonds is 6. The molecule has 1 atom stereocenters. The first kappa shape index (κ1) is 16.1. The molecule has 0 saturated heterocycles. The minimum atomic E-state index is 0.489. The van der Waals surface area contributed by atoms with Gasteiger partial charge >= 0.3 is 0 Å². The lowest BCUT2D eigenvalue weighted by Gasteiger charge is -2.22. The normalized spacial score (nSPS) is 16.9. The van der Waals surface area contributed by atoms with E-state index in [0.29, 0.717) is 6.04 Å². The quantitative estimate of drug-likeness (QED) is 0.662. The maximum atomic E-state index is 6.34. The van der Waals surface area contributed by atoms with E-state index < -0.39 is 0 Å². The van der Waals surface area contributed by atoms with E-state index in [2.05, 4.69) is 46.4 Å². The first-order valence-corrected chi connectivity index (χ1v) is 8.71. The van der Waals surface area contributed by atoms with Gasteiger partial charge in [-0.15, -0.1) is 0 Å². The Morgan fingerprint density at radius 1 is 1.30 bits per heavy atom. The Kier molecular flexibility index (Phi) is 6.60. The SMILES string of the molecule is CCNC(CC1=CCCCC1)Cc1ccc(Br)cc1Cl. The first-order valence-electron chi connectivity index (χ1n) is 7.54. The Hall–Kier alpha value is -0.310. The summed E-state index contributed by atoms with van der Waals surface area (Å²) >= 11 is 9.81. The number of hydrogen-bond acceptors (Lipinski definition) is 1. The van der Waals surface area contributed by atoms with Gasteiger partial charge in [0.05, 0.1) is 0 Å². The molecule has 1 unspecified atom stereocenters. The van der Waals surface area contributed by atoms with E-state index >= 15 is 0 Å². The summed E-state index contributed by atoms with van der Waals surface area (Å²) < 4.78 is 1.04. The van der Waals surface area contributed by atoms with Crippen LogP contribution in [0.2, 0.25) is 5.02 Å². The number of halogens is 2. The number of benzene rings is 1. The molecule has 2 rings (SSSR count). The summed E-state index contributed by atoms with van der Waals surface area (Å²) in [6.45, 7) is 3.18. The van der Waals surface area contributed by atoms with Crippen molar-refractivity contribution in [3.63, 3.8) is 0 Å². The van der Waals surface area contributed by atoms with E-state index in [1.807, 2.05) is 6.07 Å². The molecule has 3 heteroatoms. The lowest BCUT2D eigenvalue weighted by molar-refractivity contribution is 0.504. The molecule has 1 aliphatic rings. The maximum Gasteiger partial charge on any atom is 0.0449 e. The molecule has 1 aromatic carbocycles. The van der Waals surface area contributed by atoms with Gasteiger partial charge in [-0.3, -0.25) is 0 Å². The van der Waals surface area contributed by atoms with Crippen LogP contribution in [0, 0.1) is 0 Å². The standard InChI is InChI=1S/C17H23BrClN/c1-2-20-16(10-13-6-4-3-5-7-13)11-14-8-9-15(18)12-17(14)19/h6,8-9,12,16,20H,2-5,7,10-11H2,1H3. The lowest BCUT2D eigenvalue weighted by atomic mass is 9.92. The predicted molar refractivity (Wildman–Crippen MR) is 91.5 cm³/mol. The van der Waals surface area contributed by atoms with Crippen LogP contribution in [0.5, 0.6) is 0 Å². The van der Waals surface area contributed by atoms with Gasteiger partial charge in [0, 0.05) is 15.5 Å². The van der Waals surface area contributed by atoms with Gasteiger partial charge < -0.3 is 5.32 Å². The Bertz CT molecular complexity index is 470. The summed E-state index contributed by atoms with van der Waals surface area (Å²) in [7, 11) is 0. The highest BCUT2D eigenvalue weighted by atomic mass is 79.9. The molecule has 0 amide bonds. The van der Waals surface area contributed by atoms with E-state index in [4.69, 9.17) is 11.6 Å². The molecule has 1 nitrogen and oxygen atoms in total. The van der Waals surface area contributed by atoms with Crippen LogP contribution in [0.15, 0.2) is 34.3 Å². The number of hydrogen-bond donors (Lipinski definition) is 1. The van der Waals surface area contributed by atoms with Gasteiger partial charge in [0.2, 0.25) is 0 Å². The van der Waals surface area contributed by atoms with Crippen molar-refractivity contribution in [2.75, 3.05) is 6.54 Å². The van der Waals surface area contributed by atoms with Gasteiger partial charge in [-0.1, -0.05) is 52.2 Å². The van der Waals surface area contributed by atoms with Crippen molar-refractivity contribution in [1.29, 1.82) is 0 Å². The van der Waals surface area contributed by atoms with E-state index in [1.165, 1.54) is 31.2 Å². The molecule has 110 valence electrons. The molecule has 0 aliphatic heterocycles. The number of likely N-dealkylation sites (N-methyl/N-ethyl adjacent to an activating group) is 1. The molecule has 0 radical (unpaired) electrons. The van der Waals surface area contributed by atoms with Crippen molar-refractivity contribution in [1.82, 2.24) is 5.32 Å². The maximum absolute atomic E-state index is 6.34. The minimum Gasteiger partial charge on any atom is -0.314 e. The van der Waals surface area contributed by atoms with Gasteiger partial charge in [-0.05, 0) is 62.8 Å². The smallest absolute Gasteiger partial charge is 0.0449 e. The van der Waals surface area contributed by atoms with Crippen molar-refractivity contribution < 1.29 is 0 Å². The average molecular weight is 357 g/mol. The average Bonchev–Trinajstić information content (AvgIpc) is 2.43. The van der Waals surface area contributed by atoms with Crippen LogP contribution in [0.3, 0.4) is 0 Å².